The van der Waals surface area contributed by atoms with Crippen molar-refractivity contribution in [3.05, 3.63) is 199 Å². The van der Waals surface area contributed by atoms with Crippen LogP contribution in [-0.4, -0.2) is 10.8 Å². The molecule has 0 atom stereocenters. The number of furan rings is 2. The molecule has 0 saturated heterocycles. The smallest absolute Gasteiger partial charge is 0.143 e. The van der Waals surface area contributed by atoms with Crippen LogP contribution in [0.4, 0.5) is 0 Å². The molecule has 0 aliphatic heterocycles. The average molecular weight is 815 g/mol. The molecule has 4 aromatic heterocycles. The lowest BCUT2D eigenvalue weighted by Crippen LogP contribution is -1.98. The highest BCUT2D eigenvalue weighted by molar-refractivity contribution is 7.25. The molecule has 0 fully saturated rings. The average Bonchev–Trinajstić information content (AvgIpc) is 4.07. The van der Waals surface area contributed by atoms with E-state index in [-0.39, 0.29) is 0 Å². The van der Waals surface area contributed by atoms with E-state index in [1.54, 1.807) is 0 Å². The van der Waals surface area contributed by atoms with Crippen molar-refractivity contribution in [2.45, 2.75) is 13.5 Å². The number of fused-ring (bicyclic) bond motifs is 10. The van der Waals surface area contributed by atoms with E-state index in [4.69, 9.17) is 13.8 Å². The van der Waals surface area contributed by atoms with Gasteiger partial charge in [-0.05, 0) is 89.9 Å². The first-order valence-corrected chi connectivity index (χ1v) is 21.8. The molecule has 12 rings (SSSR count). The second-order valence-corrected chi connectivity index (χ2v) is 16.9. The number of para-hydroxylation sites is 2. The Balaban J connectivity index is 0.908. The Kier molecular flexibility index (Phi) is 8.44. The number of rotatable bonds is 8. The molecule has 0 spiro atoms. The van der Waals surface area contributed by atoms with Gasteiger partial charge in [0.1, 0.15) is 22.3 Å². The zero-order chi connectivity index (χ0) is 41.3. The molecular weight excluding hydrogens is 777 g/mol. The SMILES string of the molecule is C=Cc1c(/C=C\C)n(-c2cccc(CN=Cc3cccc4oc5ccc(-c6cccc7oc8c(-c9ccc%10c(c9)sc9ccccc9%10)cccc8c67)cc5c34)c2)c2ccccc12. The lowest BCUT2D eigenvalue weighted by atomic mass is 9.96. The number of aromatic nitrogens is 1. The summed E-state index contributed by atoms with van der Waals surface area (Å²) in [7, 11) is 0. The Morgan fingerprint density at radius 3 is 2.24 bits per heavy atom. The maximum atomic E-state index is 6.75. The van der Waals surface area contributed by atoms with Gasteiger partial charge in [0.05, 0.1) is 17.8 Å². The van der Waals surface area contributed by atoms with Gasteiger partial charge in [0.2, 0.25) is 0 Å². The highest BCUT2D eigenvalue weighted by Crippen LogP contribution is 2.44. The molecule has 0 unspecified atom stereocenters. The summed E-state index contributed by atoms with van der Waals surface area (Å²) < 4.78 is 18.1. The number of nitrogens with zero attached hydrogens (tertiary/aromatic N) is 2. The van der Waals surface area contributed by atoms with E-state index in [9.17, 15) is 0 Å². The van der Waals surface area contributed by atoms with Gasteiger partial charge in [0, 0.05) is 75.7 Å². The second-order valence-electron chi connectivity index (χ2n) is 15.8. The fourth-order valence-electron chi connectivity index (χ4n) is 9.48. The van der Waals surface area contributed by atoms with E-state index in [0.717, 1.165) is 99.7 Å². The van der Waals surface area contributed by atoms with E-state index in [1.165, 1.54) is 25.6 Å². The summed E-state index contributed by atoms with van der Waals surface area (Å²) in [5.74, 6) is 0. The van der Waals surface area contributed by atoms with Crippen LogP contribution in [0.3, 0.4) is 0 Å². The molecule has 0 aliphatic rings. The molecule has 62 heavy (non-hydrogen) atoms. The van der Waals surface area contributed by atoms with Gasteiger partial charge in [0.15, 0.2) is 0 Å². The summed E-state index contributed by atoms with van der Waals surface area (Å²) >= 11 is 1.84. The van der Waals surface area contributed by atoms with Gasteiger partial charge in [-0.15, -0.1) is 11.3 Å². The molecule has 0 radical (unpaired) electrons. The van der Waals surface area contributed by atoms with Gasteiger partial charge in [-0.25, -0.2) is 0 Å². The number of aliphatic imine (C=N–C) groups is 1. The highest BCUT2D eigenvalue weighted by Gasteiger charge is 2.19. The molecule has 12 aromatic rings. The molecule has 4 nitrogen and oxygen atoms in total. The second kappa shape index (κ2) is 14.5. The van der Waals surface area contributed by atoms with Crippen molar-refractivity contribution in [1.82, 2.24) is 4.57 Å². The molecule has 4 heterocycles. The maximum Gasteiger partial charge on any atom is 0.143 e. The van der Waals surface area contributed by atoms with Crippen molar-refractivity contribution in [2.75, 3.05) is 0 Å². The fraction of sp³-hybridized carbons (Fsp3) is 0.0351. The summed E-state index contributed by atoms with van der Waals surface area (Å²) in [5, 5.41) is 8.09. The van der Waals surface area contributed by atoms with Crippen LogP contribution in [0.25, 0.3) is 115 Å². The van der Waals surface area contributed by atoms with Crippen molar-refractivity contribution in [2.24, 2.45) is 4.99 Å². The topological polar surface area (TPSA) is 43.6 Å². The summed E-state index contributed by atoms with van der Waals surface area (Å²) in [6.45, 7) is 6.73. The van der Waals surface area contributed by atoms with Gasteiger partial charge in [-0.3, -0.25) is 4.99 Å². The quantitative estimate of drug-likeness (QED) is 0.143. The molecular formula is C57H38N2O2S. The molecule has 0 amide bonds. The van der Waals surface area contributed by atoms with E-state index in [2.05, 4.69) is 182 Å². The van der Waals surface area contributed by atoms with Gasteiger partial charge in [0.25, 0.3) is 0 Å². The number of hydrogen-bond donors (Lipinski definition) is 0. The Hall–Kier alpha value is -7.73. The molecule has 294 valence electrons. The molecule has 0 aliphatic carbocycles. The van der Waals surface area contributed by atoms with Gasteiger partial charge < -0.3 is 13.4 Å². The number of hydrogen-bond acceptors (Lipinski definition) is 4. The Morgan fingerprint density at radius 2 is 1.34 bits per heavy atom. The predicted molar refractivity (Wildman–Crippen MR) is 264 cm³/mol. The number of allylic oxidation sites excluding steroid dienone is 1. The zero-order valence-electron chi connectivity index (χ0n) is 33.9. The third kappa shape index (κ3) is 5.70. The van der Waals surface area contributed by atoms with Crippen LogP contribution < -0.4 is 0 Å². The highest BCUT2D eigenvalue weighted by atomic mass is 32.1. The van der Waals surface area contributed by atoms with Gasteiger partial charge in [-0.1, -0.05) is 128 Å². The first-order chi connectivity index (χ1) is 30.6. The molecule has 0 N–H and O–H groups in total. The van der Waals surface area contributed by atoms with Crippen LogP contribution in [-0.2, 0) is 6.54 Å². The van der Waals surface area contributed by atoms with Crippen molar-refractivity contribution >= 4 is 105 Å². The number of thiophene rings is 1. The third-order valence-corrected chi connectivity index (χ3v) is 13.3. The van der Waals surface area contributed by atoms with Crippen LogP contribution in [0.15, 0.2) is 190 Å². The van der Waals surface area contributed by atoms with Crippen molar-refractivity contribution in [3.63, 3.8) is 0 Å². The maximum absolute atomic E-state index is 6.75. The standard InChI is InChI=1S/C57H38N2O2S/c1-3-13-48-40(4-2)43-17-5-7-22-49(43)59(48)39-16-9-14-35(30-39)33-58-34-38-15-10-23-51-55(38)47-31-36(27-29-50(47)60-51)41-19-12-24-52-56(41)46-21-11-20-42(57(46)61-52)37-26-28-45-44-18-6-8-25-53(44)62-54(45)32-37/h3-32,34H,2,33H2,1H3/b13-3-,58-34?. The van der Waals surface area contributed by atoms with E-state index < -0.39 is 0 Å². The van der Waals surface area contributed by atoms with Gasteiger partial charge in [-0.2, -0.15) is 0 Å². The fourth-order valence-corrected chi connectivity index (χ4v) is 10.6. The predicted octanol–water partition coefficient (Wildman–Crippen LogP) is 16.4. The van der Waals surface area contributed by atoms with Crippen LogP contribution in [0.1, 0.15) is 29.3 Å². The Labute approximate surface area is 361 Å². The van der Waals surface area contributed by atoms with Crippen molar-refractivity contribution < 1.29 is 8.83 Å². The van der Waals surface area contributed by atoms with Crippen LogP contribution in [0.2, 0.25) is 0 Å². The van der Waals surface area contributed by atoms with Crippen LogP contribution >= 0.6 is 11.3 Å². The lowest BCUT2D eigenvalue weighted by Gasteiger charge is -2.11. The largest absolute Gasteiger partial charge is 0.456 e. The zero-order valence-corrected chi connectivity index (χ0v) is 34.7. The first kappa shape index (κ1) is 36.1. The van der Waals surface area contributed by atoms with Crippen LogP contribution in [0, 0.1) is 0 Å². The van der Waals surface area contributed by atoms with E-state index in [1.807, 2.05) is 35.8 Å². The van der Waals surface area contributed by atoms with Gasteiger partial charge >= 0.3 is 0 Å². The summed E-state index contributed by atoms with van der Waals surface area (Å²) in [5.41, 5.74) is 14.5. The molecule has 0 saturated carbocycles. The minimum atomic E-state index is 0.535. The first-order valence-electron chi connectivity index (χ1n) is 20.9. The summed E-state index contributed by atoms with van der Waals surface area (Å²) in [6.07, 6.45) is 8.19. The Bertz CT molecular complexity index is 3830. The summed E-state index contributed by atoms with van der Waals surface area (Å²) in [6, 6.07) is 58.2. The van der Waals surface area contributed by atoms with E-state index in [0.29, 0.717) is 6.54 Å². The van der Waals surface area contributed by atoms with Crippen molar-refractivity contribution in [1.29, 1.82) is 0 Å². The Morgan fingerprint density at radius 1 is 0.597 bits per heavy atom. The molecule has 0 bridgehead atoms. The van der Waals surface area contributed by atoms with Crippen LogP contribution in [0.5, 0.6) is 0 Å². The monoisotopic (exact) mass is 814 g/mol. The van der Waals surface area contributed by atoms with Crippen molar-refractivity contribution in [3.8, 4) is 27.9 Å². The minimum absolute atomic E-state index is 0.535. The normalized spacial score (nSPS) is 12.3. The van der Waals surface area contributed by atoms with E-state index >= 15 is 0 Å². The summed E-state index contributed by atoms with van der Waals surface area (Å²) in [4.78, 5) is 5.02. The molecule has 5 heteroatoms. The third-order valence-electron chi connectivity index (χ3n) is 12.2. The number of benzene rings is 8. The lowest BCUT2D eigenvalue weighted by molar-refractivity contribution is 0.669. The minimum Gasteiger partial charge on any atom is -0.456 e. The molecule has 8 aromatic carbocycles.